The first-order chi connectivity index (χ1) is 10.5. The van der Waals surface area contributed by atoms with Crippen LogP contribution in [0, 0.1) is 11.8 Å². The van der Waals surface area contributed by atoms with Crippen molar-refractivity contribution in [1.82, 2.24) is 0 Å². The molecular weight excluding hydrogens is 276 g/mol. The highest BCUT2D eigenvalue weighted by molar-refractivity contribution is 5.84. The number of aliphatic hydroxyl groups is 2. The van der Waals surface area contributed by atoms with E-state index < -0.39 is 24.0 Å². The summed E-state index contributed by atoms with van der Waals surface area (Å²) in [6.45, 7) is 3.41. The number of benzene rings is 2. The minimum Gasteiger partial charge on any atom is -0.388 e. The van der Waals surface area contributed by atoms with Gasteiger partial charge in [0, 0.05) is 11.8 Å². The molecule has 3 nitrogen and oxygen atoms in total. The van der Waals surface area contributed by atoms with Gasteiger partial charge in [-0.15, -0.1) is 0 Å². The largest absolute Gasteiger partial charge is 0.388 e. The van der Waals surface area contributed by atoms with Crippen molar-refractivity contribution >= 4 is 5.78 Å². The maximum atomic E-state index is 12.6. The number of aliphatic hydroxyl groups excluding tert-OH is 2. The second kappa shape index (κ2) is 7.34. The first-order valence-electron chi connectivity index (χ1n) is 7.52. The van der Waals surface area contributed by atoms with Crippen molar-refractivity contribution in [3.8, 4) is 0 Å². The minimum atomic E-state index is -0.862. The number of hydrogen-bond donors (Lipinski definition) is 2. The summed E-state index contributed by atoms with van der Waals surface area (Å²) >= 11 is 0. The lowest BCUT2D eigenvalue weighted by atomic mass is 9.84. The third kappa shape index (κ3) is 3.62. The van der Waals surface area contributed by atoms with Crippen molar-refractivity contribution < 1.29 is 15.0 Å². The minimum absolute atomic E-state index is 0.146. The fourth-order valence-corrected chi connectivity index (χ4v) is 2.60. The van der Waals surface area contributed by atoms with Gasteiger partial charge in [-0.3, -0.25) is 4.79 Å². The maximum absolute atomic E-state index is 12.6. The molecule has 0 saturated heterocycles. The van der Waals surface area contributed by atoms with Crippen LogP contribution in [-0.2, 0) is 4.79 Å². The number of ketones is 1. The molecule has 2 aromatic rings. The molecule has 116 valence electrons. The molecule has 0 aliphatic heterocycles. The van der Waals surface area contributed by atoms with E-state index in [1.807, 2.05) is 36.4 Å². The number of carbonyl (C=O) groups is 1. The van der Waals surface area contributed by atoms with Gasteiger partial charge in [0.15, 0.2) is 0 Å². The van der Waals surface area contributed by atoms with Crippen LogP contribution in [0.3, 0.4) is 0 Å². The zero-order valence-corrected chi connectivity index (χ0v) is 12.9. The molecule has 0 bridgehead atoms. The first-order valence-corrected chi connectivity index (χ1v) is 7.52. The maximum Gasteiger partial charge on any atom is 0.144 e. The van der Waals surface area contributed by atoms with Gasteiger partial charge in [-0.25, -0.2) is 0 Å². The zero-order valence-electron chi connectivity index (χ0n) is 12.9. The summed E-state index contributed by atoms with van der Waals surface area (Å²) < 4.78 is 0. The van der Waals surface area contributed by atoms with E-state index in [1.54, 1.807) is 38.1 Å². The quantitative estimate of drug-likeness (QED) is 0.860. The molecule has 2 N–H and O–H groups in total. The monoisotopic (exact) mass is 298 g/mol. The Balaban J connectivity index is 2.10. The molecule has 22 heavy (non-hydrogen) atoms. The smallest absolute Gasteiger partial charge is 0.144 e. The Morgan fingerprint density at radius 2 is 1.05 bits per heavy atom. The average molecular weight is 298 g/mol. The van der Waals surface area contributed by atoms with Gasteiger partial charge in [-0.1, -0.05) is 74.5 Å². The summed E-state index contributed by atoms with van der Waals surface area (Å²) in [4.78, 5) is 12.6. The van der Waals surface area contributed by atoms with Crippen LogP contribution in [0.25, 0.3) is 0 Å². The van der Waals surface area contributed by atoms with Crippen LogP contribution in [-0.4, -0.2) is 16.0 Å². The van der Waals surface area contributed by atoms with Crippen LogP contribution in [0.4, 0.5) is 0 Å². The van der Waals surface area contributed by atoms with Gasteiger partial charge in [0.05, 0.1) is 12.2 Å². The molecule has 0 fully saturated rings. The molecule has 0 saturated carbocycles. The van der Waals surface area contributed by atoms with Crippen molar-refractivity contribution in [2.24, 2.45) is 11.8 Å². The molecule has 2 aromatic carbocycles. The first kappa shape index (κ1) is 16.4. The lowest BCUT2D eigenvalue weighted by Gasteiger charge is -2.24. The second-order valence-electron chi connectivity index (χ2n) is 5.69. The fourth-order valence-electron chi connectivity index (χ4n) is 2.60. The van der Waals surface area contributed by atoms with E-state index in [4.69, 9.17) is 0 Å². The predicted molar refractivity (Wildman–Crippen MR) is 86.1 cm³/mol. The summed E-state index contributed by atoms with van der Waals surface area (Å²) in [5.74, 6) is -1.29. The average Bonchev–Trinajstić information content (AvgIpc) is 2.60. The van der Waals surface area contributed by atoms with Crippen LogP contribution in [0.1, 0.15) is 37.2 Å². The SMILES string of the molecule is C[C@@H](C(=O)[C@H](C)[C@@H](O)c1ccccc1)[C@@H](O)c1ccccc1. The van der Waals surface area contributed by atoms with Gasteiger partial charge in [0.1, 0.15) is 5.78 Å². The Hall–Kier alpha value is -1.97. The van der Waals surface area contributed by atoms with Crippen LogP contribution >= 0.6 is 0 Å². The molecule has 2 rings (SSSR count). The van der Waals surface area contributed by atoms with Gasteiger partial charge >= 0.3 is 0 Å². The number of rotatable bonds is 6. The Morgan fingerprint density at radius 1 is 0.727 bits per heavy atom. The van der Waals surface area contributed by atoms with E-state index in [2.05, 4.69) is 0 Å². The van der Waals surface area contributed by atoms with Crippen LogP contribution in [0.5, 0.6) is 0 Å². The summed E-state index contributed by atoms with van der Waals surface area (Å²) in [6, 6.07) is 18.2. The molecule has 0 spiro atoms. The zero-order chi connectivity index (χ0) is 16.1. The highest BCUT2D eigenvalue weighted by atomic mass is 16.3. The van der Waals surface area contributed by atoms with Crippen molar-refractivity contribution in [3.63, 3.8) is 0 Å². The van der Waals surface area contributed by atoms with Gasteiger partial charge in [0.25, 0.3) is 0 Å². The summed E-state index contributed by atoms with van der Waals surface area (Å²) in [7, 11) is 0. The third-order valence-electron chi connectivity index (χ3n) is 4.13. The molecule has 0 heterocycles. The van der Waals surface area contributed by atoms with Crippen LogP contribution in [0.2, 0.25) is 0 Å². The van der Waals surface area contributed by atoms with Crippen molar-refractivity contribution in [1.29, 1.82) is 0 Å². The highest BCUT2D eigenvalue weighted by Crippen LogP contribution is 2.30. The Morgan fingerprint density at radius 3 is 1.36 bits per heavy atom. The molecule has 0 aromatic heterocycles. The van der Waals surface area contributed by atoms with Gasteiger partial charge in [-0.2, -0.15) is 0 Å². The van der Waals surface area contributed by atoms with E-state index >= 15 is 0 Å². The number of carbonyl (C=O) groups excluding carboxylic acids is 1. The van der Waals surface area contributed by atoms with Crippen molar-refractivity contribution in [2.75, 3.05) is 0 Å². The fraction of sp³-hybridized carbons (Fsp3) is 0.316. The topological polar surface area (TPSA) is 57.5 Å². The van der Waals surface area contributed by atoms with Gasteiger partial charge < -0.3 is 10.2 Å². The molecule has 0 radical (unpaired) electrons. The Bertz CT molecular complexity index is 541. The van der Waals surface area contributed by atoms with E-state index in [-0.39, 0.29) is 5.78 Å². The Labute approximate surface area is 131 Å². The van der Waals surface area contributed by atoms with E-state index in [1.165, 1.54) is 0 Å². The van der Waals surface area contributed by atoms with E-state index in [9.17, 15) is 15.0 Å². The normalized spacial score (nSPS) is 16.5. The van der Waals surface area contributed by atoms with Crippen LogP contribution in [0.15, 0.2) is 60.7 Å². The second-order valence-corrected chi connectivity index (χ2v) is 5.69. The Kier molecular flexibility index (Phi) is 5.47. The summed E-state index contributed by atoms with van der Waals surface area (Å²) in [6.07, 6.45) is -1.72. The van der Waals surface area contributed by atoms with Crippen molar-refractivity contribution in [3.05, 3.63) is 71.8 Å². The van der Waals surface area contributed by atoms with Gasteiger partial charge in [-0.05, 0) is 11.1 Å². The molecular formula is C19H22O3. The number of Topliss-reactive ketones (excluding diaryl/α,β-unsaturated/α-hetero) is 1. The molecule has 3 heteroatoms. The molecule has 4 atom stereocenters. The van der Waals surface area contributed by atoms with Crippen LogP contribution < -0.4 is 0 Å². The molecule has 0 aliphatic carbocycles. The number of hydrogen-bond acceptors (Lipinski definition) is 3. The molecule has 0 aliphatic rings. The van der Waals surface area contributed by atoms with E-state index in [0.717, 1.165) is 0 Å². The molecule has 0 unspecified atom stereocenters. The van der Waals surface area contributed by atoms with Gasteiger partial charge in [0.2, 0.25) is 0 Å². The lowest BCUT2D eigenvalue weighted by molar-refractivity contribution is -0.132. The summed E-state index contributed by atoms with van der Waals surface area (Å²) in [5.41, 5.74) is 1.43. The van der Waals surface area contributed by atoms with E-state index in [0.29, 0.717) is 11.1 Å². The predicted octanol–water partition coefficient (Wildman–Crippen LogP) is 3.29. The summed E-state index contributed by atoms with van der Waals surface area (Å²) in [5, 5.41) is 20.7. The van der Waals surface area contributed by atoms with Crippen molar-refractivity contribution in [2.45, 2.75) is 26.1 Å². The molecule has 0 amide bonds. The standard InChI is InChI=1S/C19H22O3/c1-13(18(21)15-9-5-3-6-10-15)17(20)14(2)19(22)16-11-7-4-8-12-16/h3-14,18-19,21-22H,1-2H3/t13-,14-,18+,19+/m0/s1. The highest BCUT2D eigenvalue weighted by Gasteiger charge is 2.31. The lowest BCUT2D eigenvalue weighted by Crippen LogP contribution is -2.28. The third-order valence-corrected chi connectivity index (χ3v) is 4.13.